The number of hydrogen-bond acceptors (Lipinski definition) is 5. The van der Waals surface area contributed by atoms with E-state index in [4.69, 9.17) is 4.74 Å². The molecule has 0 aromatic heterocycles. The van der Waals surface area contributed by atoms with Gasteiger partial charge in [0, 0.05) is 12.8 Å². The molecule has 3 N–H and O–H groups in total. The van der Waals surface area contributed by atoms with Crippen molar-refractivity contribution in [3.05, 3.63) is 12.2 Å². The van der Waals surface area contributed by atoms with Crippen molar-refractivity contribution in [1.82, 2.24) is 5.32 Å². The number of esters is 1. The first-order valence-corrected chi connectivity index (χ1v) is 29.4. The molecule has 65 heavy (non-hydrogen) atoms. The maximum atomic E-state index is 12.5. The number of carbonyl (C=O) groups is 2. The minimum absolute atomic E-state index is 0.00308. The minimum Gasteiger partial charge on any atom is -0.466 e. The van der Waals surface area contributed by atoms with Gasteiger partial charge in [-0.25, -0.2) is 0 Å². The molecule has 0 saturated heterocycles. The smallest absolute Gasteiger partial charge is 0.305 e. The Balaban J connectivity index is 3.41. The molecule has 2 atom stereocenters. The van der Waals surface area contributed by atoms with E-state index in [1.165, 1.54) is 244 Å². The zero-order valence-corrected chi connectivity index (χ0v) is 44.0. The summed E-state index contributed by atoms with van der Waals surface area (Å²) in [6.45, 7) is 4.95. The normalized spacial score (nSPS) is 12.6. The zero-order chi connectivity index (χ0) is 47.2. The third-order valence-corrected chi connectivity index (χ3v) is 13.8. The number of aliphatic hydroxyl groups excluding tert-OH is 2. The molecular weight excluding hydrogens is 803 g/mol. The van der Waals surface area contributed by atoms with Crippen LogP contribution >= 0.6 is 0 Å². The summed E-state index contributed by atoms with van der Waals surface area (Å²) < 4.78 is 5.49. The maximum Gasteiger partial charge on any atom is 0.305 e. The van der Waals surface area contributed by atoms with Gasteiger partial charge in [-0.2, -0.15) is 0 Å². The lowest BCUT2D eigenvalue weighted by molar-refractivity contribution is -0.143. The van der Waals surface area contributed by atoms with Crippen LogP contribution < -0.4 is 5.32 Å². The molecule has 0 aromatic carbocycles. The summed E-state index contributed by atoms with van der Waals surface area (Å²) >= 11 is 0. The van der Waals surface area contributed by atoms with Crippen LogP contribution in [-0.4, -0.2) is 47.4 Å². The first-order chi connectivity index (χ1) is 32.0. The summed E-state index contributed by atoms with van der Waals surface area (Å²) in [5.41, 5.74) is 0. The highest BCUT2D eigenvalue weighted by atomic mass is 16.5. The Labute approximate surface area is 406 Å². The van der Waals surface area contributed by atoms with Crippen LogP contribution in [0.25, 0.3) is 0 Å². The van der Waals surface area contributed by atoms with Crippen molar-refractivity contribution in [2.75, 3.05) is 13.2 Å². The van der Waals surface area contributed by atoms with Gasteiger partial charge in [0.05, 0.1) is 25.4 Å². The summed E-state index contributed by atoms with van der Waals surface area (Å²) in [4.78, 5) is 24.5. The molecule has 0 fully saturated rings. The molecule has 0 radical (unpaired) electrons. The molecule has 0 saturated carbocycles. The number of aliphatic hydroxyl groups is 2. The number of unbranched alkanes of at least 4 members (excludes halogenated alkanes) is 42. The molecule has 0 aromatic rings. The van der Waals surface area contributed by atoms with E-state index in [1.54, 1.807) is 0 Å². The van der Waals surface area contributed by atoms with Crippen LogP contribution in [0.5, 0.6) is 0 Å². The first kappa shape index (κ1) is 63.6. The average molecular weight is 919 g/mol. The highest BCUT2D eigenvalue weighted by Gasteiger charge is 2.20. The number of hydrogen-bond donors (Lipinski definition) is 3. The van der Waals surface area contributed by atoms with Crippen molar-refractivity contribution in [3.63, 3.8) is 0 Å². The van der Waals surface area contributed by atoms with E-state index < -0.39 is 12.1 Å². The SMILES string of the molecule is CCCCCCCCCCCCCCCCCCCCC(=O)OCCCCCCCC/C=C\CCCCCCCCCC(=O)NC(CO)C(O)CCCCCCCCCCCCCCC. The lowest BCUT2D eigenvalue weighted by Crippen LogP contribution is -2.45. The van der Waals surface area contributed by atoms with E-state index in [-0.39, 0.29) is 18.5 Å². The number of ether oxygens (including phenoxy) is 1. The molecule has 1 amide bonds. The Kier molecular flexibility index (Phi) is 54.0. The molecule has 0 aliphatic rings. The molecule has 6 heteroatoms. The average Bonchev–Trinajstić information content (AvgIpc) is 3.31. The van der Waals surface area contributed by atoms with E-state index in [9.17, 15) is 19.8 Å². The lowest BCUT2D eigenvalue weighted by atomic mass is 10.0. The van der Waals surface area contributed by atoms with Gasteiger partial charge >= 0.3 is 5.97 Å². The van der Waals surface area contributed by atoms with Crippen LogP contribution in [-0.2, 0) is 14.3 Å². The fourth-order valence-electron chi connectivity index (χ4n) is 9.28. The largest absolute Gasteiger partial charge is 0.466 e. The summed E-state index contributed by atoms with van der Waals surface area (Å²) in [6, 6.07) is -0.549. The molecule has 0 bridgehead atoms. The summed E-state index contributed by atoms with van der Waals surface area (Å²) in [5, 5.41) is 23.2. The van der Waals surface area contributed by atoms with Gasteiger partial charge in [0.25, 0.3) is 0 Å². The second kappa shape index (κ2) is 55.2. The van der Waals surface area contributed by atoms with E-state index in [0.717, 1.165) is 51.4 Å². The van der Waals surface area contributed by atoms with Crippen LogP contribution in [0.3, 0.4) is 0 Å². The molecular formula is C59H115NO5. The zero-order valence-electron chi connectivity index (χ0n) is 44.0. The van der Waals surface area contributed by atoms with Crippen molar-refractivity contribution in [1.29, 1.82) is 0 Å². The van der Waals surface area contributed by atoms with Crippen LogP contribution in [0.2, 0.25) is 0 Å². The lowest BCUT2D eigenvalue weighted by Gasteiger charge is -2.22. The molecule has 0 rings (SSSR count). The van der Waals surface area contributed by atoms with Crippen molar-refractivity contribution in [2.45, 2.75) is 341 Å². The van der Waals surface area contributed by atoms with Gasteiger partial charge < -0.3 is 20.3 Å². The molecule has 0 aliphatic heterocycles. The Morgan fingerprint density at radius 1 is 0.415 bits per heavy atom. The Morgan fingerprint density at radius 2 is 0.723 bits per heavy atom. The number of carbonyl (C=O) groups excluding carboxylic acids is 2. The molecule has 386 valence electrons. The molecule has 2 unspecified atom stereocenters. The number of allylic oxidation sites excluding steroid dienone is 2. The topological polar surface area (TPSA) is 95.9 Å². The summed E-state index contributed by atoms with van der Waals surface area (Å²) in [5.74, 6) is -0.0426. The molecule has 6 nitrogen and oxygen atoms in total. The van der Waals surface area contributed by atoms with Crippen molar-refractivity contribution in [2.24, 2.45) is 0 Å². The van der Waals surface area contributed by atoms with Gasteiger partial charge in [-0.1, -0.05) is 276 Å². The minimum atomic E-state index is -0.670. The van der Waals surface area contributed by atoms with Gasteiger partial charge in [-0.3, -0.25) is 9.59 Å². The van der Waals surface area contributed by atoms with E-state index in [1.807, 2.05) is 0 Å². The monoisotopic (exact) mass is 918 g/mol. The van der Waals surface area contributed by atoms with Gasteiger partial charge in [-0.05, 0) is 51.4 Å². The standard InChI is InChI=1S/C59H115NO5/c1-3-5-7-9-11-13-15-17-18-19-22-25-29-33-37-41-45-49-53-59(64)65-54-50-46-42-38-34-30-26-23-20-21-24-28-32-36-40-44-48-52-58(63)60-56(55-61)57(62)51-47-43-39-35-31-27-16-14-12-10-8-6-4-2/h20,23,56-57,61-62H,3-19,21-22,24-55H2,1-2H3,(H,60,63)/b23-20-. The van der Waals surface area contributed by atoms with Crippen LogP contribution in [0.1, 0.15) is 328 Å². The second-order valence-corrected chi connectivity index (χ2v) is 20.3. The molecule has 0 spiro atoms. The van der Waals surface area contributed by atoms with Crippen LogP contribution in [0.15, 0.2) is 12.2 Å². The fraction of sp³-hybridized carbons (Fsp3) is 0.932. The van der Waals surface area contributed by atoms with Gasteiger partial charge in [0.2, 0.25) is 5.91 Å². The van der Waals surface area contributed by atoms with E-state index >= 15 is 0 Å². The predicted molar refractivity (Wildman–Crippen MR) is 283 cm³/mol. The van der Waals surface area contributed by atoms with Crippen molar-refractivity contribution in [3.8, 4) is 0 Å². The van der Waals surface area contributed by atoms with Gasteiger partial charge in [0.15, 0.2) is 0 Å². The van der Waals surface area contributed by atoms with Crippen LogP contribution in [0.4, 0.5) is 0 Å². The van der Waals surface area contributed by atoms with E-state index in [0.29, 0.717) is 25.9 Å². The number of nitrogens with one attached hydrogen (secondary N) is 1. The predicted octanol–water partition coefficient (Wildman–Crippen LogP) is 18.1. The van der Waals surface area contributed by atoms with Crippen molar-refractivity contribution >= 4 is 11.9 Å². The Hall–Kier alpha value is -1.40. The second-order valence-electron chi connectivity index (χ2n) is 20.3. The number of amides is 1. The van der Waals surface area contributed by atoms with Crippen LogP contribution in [0, 0.1) is 0 Å². The third-order valence-electron chi connectivity index (χ3n) is 13.8. The van der Waals surface area contributed by atoms with Gasteiger partial charge in [0.1, 0.15) is 0 Å². The van der Waals surface area contributed by atoms with Gasteiger partial charge in [-0.15, -0.1) is 0 Å². The quantitative estimate of drug-likeness (QED) is 0.0321. The van der Waals surface area contributed by atoms with E-state index in [2.05, 4.69) is 31.3 Å². The fourth-order valence-corrected chi connectivity index (χ4v) is 9.28. The maximum absolute atomic E-state index is 12.5. The Bertz CT molecular complexity index is 970. The summed E-state index contributed by atoms with van der Waals surface area (Å²) in [6.07, 6.45) is 64.9. The Morgan fingerprint density at radius 3 is 1.09 bits per heavy atom. The molecule has 0 aliphatic carbocycles. The number of rotatable bonds is 55. The van der Waals surface area contributed by atoms with Crippen molar-refractivity contribution < 1.29 is 24.5 Å². The highest BCUT2D eigenvalue weighted by molar-refractivity contribution is 5.76. The first-order valence-electron chi connectivity index (χ1n) is 29.4. The summed E-state index contributed by atoms with van der Waals surface area (Å²) in [7, 11) is 0. The third kappa shape index (κ3) is 51.8. The molecule has 0 heterocycles. The highest BCUT2D eigenvalue weighted by Crippen LogP contribution is 2.17.